The van der Waals surface area contributed by atoms with Crippen molar-refractivity contribution in [2.45, 2.75) is 20.8 Å². The minimum absolute atomic E-state index is 0.0897. The molecule has 3 aromatic carbocycles. The molecule has 4 rings (SSSR count). The number of anilines is 1. The normalized spacial score (nSPS) is 12.7. The lowest BCUT2D eigenvalue weighted by molar-refractivity contribution is 0.0734. The summed E-state index contributed by atoms with van der Waals surface area (Å²) in [7, 11) is 0. The number of benzene rings is 3. The quantitative estimate of drug-likeness (QED) is 0.272. The van der Waals surface area contributed by atoms with Crippen LogP contribution >= 0.6 is 0 Å². The molecule has 0 bridgehead atoms. The minimum Gasteiger partial charge on any atom is -0.423 e. The Balaban J connectivity index is 1.61. The molecule has 0 unspecified atom stereocenters. The van der Waals surface area contributed by atoms with Gasteiger partial charge in [-0.2, -0.15) is 0 Å². The van der Waals surface area contributed by atoms with Crippen molar-refractivity contribution in [3.05, 3.63) is 94.0 Å². The zero-order chi connectivity index (χ0) is 22.3. The van der Waals surface area contributed by atoms with Gasteiger partial charge in [-0.3, -0.25) is 14.4 Å². The Labute approximate surface area is 179 Å². The number of ether oxygens (including phenoxy) is 1. The fourth-order valence-corrected chi connectivity index (χ4v) is 3.47. The average Bonchev–Trinajstić information content (AvgIpc) is 3.00. The molecule has 0 radical (unpaired) electrons. The lowest BCUT2D eigenvalue weighted by atomic mass is 10.1. The van der Waals surface area contributed by atoms with Crippen LogP contribution in [0.4, 0.5) is 5.69 Å². The molecule has 1 heterocycles. The number of amides is 2. The van der Waals surface area contributed by atoms with Crippen LogP contribution in [0.3, 0.4) is 0 Å². The summed E-state index contributed by atoms with van der Waals surface area (Å²) in [5.74, 6) is -1.38. The van der Waals surface area contributed by atoms with Gasteiger partial charge in [0, 0.05) is 5.56 Å². The number of ketones is 1. The van der Waals surface area contributed by atoms with E-state index in [-0.39, 0.29) is 28.2 Å². The predicted octanol–water partition coefficient (Wildman–Crippen LogP) is 4.53. The van der Waals surface area contributed by atoms with Gasteiger partial charge in [-0.05, 0) is 80.4 Å². The molecule has 0 N–H and O–H groups in total. The second-order valence-corrected chi connectivity index (χ2v) is 7.47. The summed E-state index contributed by atoms with van der Waals surface area (Å²) in [6, 6.07) is 16.1. The molecule has 3 aromatic rings. The molecule has 0 aromatic heterocycles. The van der Waals surface area contributed by atoms with Gasteiger partial charge in [-0.25, -0.2) is 9.69 Å². The fraction of sp³-hybridized carbons (Fsp3) is 0.120. The number of carbonyl (C=O) groups is 4. The molecule has 0 spiro atoms. The Morgan fingerprint density at radius 3 is 2.10 bits per heavy atom. The van der Waals surface area contributed by atoms with Crippen LogP contribution in [0.5, 0.6) is 5.75 Å². The van der Waals surface area contributed by atoms with Crippen molar-refractivity contribution < 1.29 is 23.9 Å². The van der Waals surface area contributed by atoms with Gasteiger partial charge >= 0.3 is 5.97 Å². The summed E-state index contributed by atoms with van der Waals surface area (Å²) in [5.41, 5.74) is 3.32. The Morgan fingerprint density at radius 1 is 0.774 bits per heavy atom. The Bertz CT molecular complexity index is 1260. The minimum atomic E-state index is -0.663. The van der Waals surface area contributed by atoms with Gasteiger partial charge in [0.2, 0.25) is 0 Å². The van der Waals surface area contributed by atoms with Crippen molar-refractivity contribution in [3.8, 4) is 5.75 Å². The average molecular weight is 413 g/mol. The molecule has 0 saturated carbocycles. The van der Waals surface area contributed by atoms with Gasteiger partial charge in [0.1, 0.15) is 5.75 Å². The number of hydrogen-bond donors (Lipinski definition) is 0. The van der Waals surface area contributed by atoms with Crippen molar-refractivity contribution >= 4 is 29.3 Å². The number of esters is 1. The molecule has 6 nitrogen and oxygen atoms in total. The third-order valence-corrected chi connectivity index (χ3v) is 5.20. The summed E-state index contributed by atoms with van der Waals surface area (Å²) < 4.78 is 5.34. The Kier molecular flexibility index (Phi) is 4.99. The van der Waals surface area contributed by atoms with Crippen LogP contribution in [0, 0.1) is 13.8 Å². The fourth-order valence-electron chi connectivity index (χ4n) is 3.47. The first-order chi connectivity index (χ1) is 14.8. The second kappa shape index (κ2) is 7.65. The largest absolute Gasteiger partial charge is 0.423 e. The summed E-state index contributed by atoms with van der Waals surface area (Å²) in [6.45, 7) is 5.17. The number of fused-ring (bicyclic) bond motifs is 1. The van der Waals surface area contributed by atoms with E-state index in [9.17, 15) is 19.2 Å². The first-order valence-corrected chi connectivity index (χ1v) is 9.69. The topological polar surface area (TPSA) is 80.8 Å². The van der Waals surface area contributed by atoms with Crippen molar-refractivity contribution in [2.75, 3.05) is 4.90 Å². The molecule has 1 aliphatic heterocycles. The molecule has 0 fully saturated rings. The number of imide groups is 1. The first kappa shape index (κ1) is 20.2. The van der Waals surface area contributed by atoms with E-state index < -0.39 is 17.8 Å². The van der Waals surface area contributed by atoms with E-state index in [2.05, 4.69) is 0 Å². The highest BCUT2D eigenvalue weighted by molar-refractivity contribution is 6.35. The molecular weight excluding hydrogens is 394 g/mol. The first-order valence-electron chi connectivity index (χ1n) is 9.69. The maximum Gasteiger partial charge on any atom is 0.343 e. The lowest BCUT2D eigenvalue weighted by Gasteiger charge is -2.17. The third-order valence-electron chi connectivity index (χ3n) is 5.20. The van der Waals surface area contributed by atoms with Crippen LogP contribution in [-0.4, -0.2) is 23.6 Å². The maximum atomic E-state index is 13.0. The number of nitrogens with zero attached hydrogens (tertiary/aromatic N) is 1. The summed E-state index contributed by atoms with van der Waals surface area (Å²) in [4.78, 5) is 51.0. The lowest BCUT2D eigenvalue weighted by Crippen LogP contribution is -2.30. The van der Waals surface area contributed by atoms with Crippen LogP contribution in [0.25, 0.3) is 0 Å². The smallest absolute Gasteiger partial charge is 0.343 e. The van der Waals surface area contributed by atoms with Gasteiger partial charge in [-0.1, -0.05) is 12.1 Å². The van der Waals surface area contributed by atoms with Crippen molar-refractivity contribution in [3.63, 3.8) is 0 Å². The monoisotopic (exact) mass is 413 g/mol. The van der Waals surface area contributed by atoms with Gasteiger partial charge < -0.3 is 4.74 Å². The second-order valence-electron chi connectivity index (χ2n) is 7.47. The number of carbonyl (C=O) groups excluding carboxylic acids is 4. The van der Waals surface area contributed by atoms with E-state index in [4.69, 9.17) is 4.74 Å². The molecular formula is C25H19NO5. The van der Waals surface area contributed by atoms with Crippen LogP contribution in [-0.2, 0) is 0 Å². The number of Topliss-reactive ketones (excluding diaryl/α,β-unsaturated/α-hetero) is 1. The van der Waals surface area contributed by atoms with Crippen LogP contribution in [0.1, 0.15) is 59.5 Å². The van der Waals surface area contributed by atoms with Crippen LogP contribution < -0.4 is 9.64 Å². The van der Waals surface area contributed by atoms with Crippen molar-refractivity contribution in [1.82, 2.24) is 0 Å². The molecule has 31 heavy (non-hydrogen) atoms. The van der Waals surface area contributed by atoms with Crippen LogP contribution in [0.2, 0.25) is 0 Å². The third kappa shape index (κ3) is 3.64. The van der Waals surface area contributed by atoms with E-state index in [1.54, 1.807) is 18.2 Å². The van der Waals surface area contributed by atoms with Gasteiger partial charge in [0.25, 0.3) is 11.8 Å². The van der Waals surface area contributed by atoms with E-state index >= 15 is 0 Å². The standard InChI is InChI=1S/C25H19NO5/c1-14-4-5-15(2)22(12-14)26-23(28)20-11-8-18(13-21(20)24(26)29)25(30)31-19-9-6-17(7-10-19)16(3)27/h4-13H,1-3H3. The summed E-state index contributed by atoms with van der Waals surface area (Å²) in [6.07, 6.45) is 0. The zero-order valence-corrected chi connectivity index (χ0v) is 17.3. The van der Waals surface area contributed by atoms with E-state index in [1.807, 2.05) is 26.0 Å². The number of rotatable bonds is 4. The molecule has 154 valence electrons. The molecule has 0 atom stereocenters. The van der Waals surface area contributed by atoms with E-state index in [0.29, 0.717) is 11.3 Å². The summed E-state index contributed by atoms with van der Waals surface area (Å²) >= 11 is 0. The van der Waals surface area contributed by atoms with Gasteiger partial charge in [0.15, 0.2) is 5.78 Å². The highest BCUT2D eigenvalue weighted by Crippen LogP contribution is 2.32. The summed E-state index contributed by atoms with van der Waals surface area (Å²) in [5, 5.41) is 0. The number of hydrogen-bond acceptors (Lipinski definition) is 5. The van der Waals surface area contributed by atoms with Crippen molar-refractivity contribution in [1.29, 1.82) is 0 Å². The van der Waals surface area contributed by atoms with Crippen LogP contribution in [0.15, 0.2) is 60.7 Å². The zero-order valence-electron chi connectivity index (χ0n) is 17.3. The van der Waals surface area contributed by atoms with Gasteiger partial charge in [-0.15, -0.1) is 0 Å². The molecule has 2 amide bonds. The molecule has 0 aliphatic carbocycles. The highest BCUT2D eigenvalue weighted by Gasteiger charge is 2.38. The Morgan fingerprint density at radius 2 is 1.42 bits per heavy atom. The van der Waals surface area contributed by atoms with E-state index in [0.717, 1.165) is 16.0 Å². The highest BCUT2D eigenvalue weighted by atomic mass is 16.5. The molecule has 6 heteroatoms. The predicted molar refractivity (Wildman–Crippen MR) is 115 cm³/mol. The molecule has 0 saturated heterocycles. The van der Waals surface area contributed by atoms with E-state index in [1.165, 1.54) is 37.3 Å². The van der Waals surface area contributed by atoms with Crippen molar-refractivity contribution in [2.24, 2.45) is 0 Å². The maximum absolute atomic E-state index is 13.0. The molecule has 1 aliphatic rings. The Hall–Kier alpha value is -4.06. The number of aryl methyl sites for hydroxylation is 2. The van der Waals surface area contributed by atoms with Gasteiger partial charge in [0.05, 0.1) is 22.4 Å². The SMILES string of the molecule is CC(=O)c1ccc(OC(=O)c2ccc3c(c2)C(=O)N(c2cc(C)ccc2C)C3=O)cc1.